The third-order valence-electron chi connectivity index (χ3n) is 6.84. The van der Waals surface area contributed by atoms with E-state index in [2.05, 4.69) is 16.0 Å². The number of fused-ring (bicyclic) bond motifs is 1. The number of rotatable bonds is 11. The number of para-hydroxylation sites is 1. The van der Waals surface area contributed by atoms with Crippen molar-refractivity contribution >= 4 is 34.9 Å². The van der Waals surface area contributed by atoms with Crippen molar-refractivity contribution in [3.8, 4) is 0 Å². The van der Waals surface area contributed by atoms with Crippen LogP contribution in [0, 0.1) is 6.92 Å². The molecule has 0 saturated heterocycles. The number of nitrogens with zero attached hydrogens (tertiary/aromatic N) is 1. The summed E-state index contributed by atoms with van der Waals surface area (Å²) in [5, 5.41) is 7.77. The fourth-order valence-electron chi connectivity index (χ4n) is 4.93. The van der Waals surface area contributed by atoms with E-state index in [1.165, 1.54) is 11.0 Å². The summed E-state index contributed by atoms with van der Waals surface area (Å²) in [6, 6.07) is 16.8. The van der Waals surface area contributed by atoms with Crippen molar-refractivity contribution in [2.45, 2.75) is 45.2 Å². The fraction of sp³-hybridized carbons (Fsp3) is 0.323. The summed E-state index contributed by atoms with van der Waals surface area (Å²) in [5.41, 5.74) is -0.762. The van der Waals surface area contributed by atoms with Gasteiger partial charge >= 0.3 is 12.2 Å². The van der Waals surface area contributed by atoms with Crippen molar-refractivity contribution in [2.75, 3.05) is 35.3 Å². The Morgan fingerprint density at radius 1 is 0.907 bits per heavy atom. The number of benzene rings is 3. The molecule has 228 valence electrons. The minimum Gasteiger partial charge on any atom is -0.351 e. The second kappa shape index (κ2) is 13.3. The summed E-state index contributed by atoms with van der Waals surface area (Å²) >= 11 is 0. The number of hydrogen-bond acceptors (Lipinski definition) is 5. The number of ether oxygens (including phenoxy) is 2. The highest BCUT2D eigenvalue weighted by Gasteiger charge is 2.53. The van der Waals surface area contributed by atoms with Gasteiger partial charge < -0.3 is 30.3 Å². The lowest BCUT2D eigenvalue weighted by Crippen LogP contribution is -2.56. The van der Waals surface area contributed by atoms with Crippen LogP contribution < -0.4 is 20.9 Å². The zero-order valence-electron chi connectivity index (χ0n) is 24.0. The van der Waals surface area contributed by atoms with Crippen molar-refractivity contribution in [1.29, 1.82) is 0 Å². The molecule has 9 nitrogen and oxygen atoms in total. The quantitative estimate of drug-likeness (QED) is 0.242. The van der Waals surface area contributed by atoms with Crippen LogP contribution in [0.3, 0.4) is 0 Å². The van der Waals surface area contributed by atoms with Gasteiger partial charge in [0, 0.05) is 30.2 Å². The second-order valence-corrected chi connectivity index (χ2v) is 9.93. The van der Waals surface area contributed by atoms with Crippen LogP contribution in [0.1, 0.15) is 37.0 Å². The summed E-state index contributed by atoms with van der Waals surface area (Å²) in [5.74, 6) is -1.20. The van der Waals surface area contributed by atoms with E-state index in [1.807, 2.05) is 19.1 Å². The van der Waals surface area contributed by atoms with E-state index < -0.39 is 47.8 Å². The first-order chi connectivity index (χ1) is 20.5. The molecule has 0 bridgehead atoms. The van der Waals surface area contributed by atoms with Crippen LogP contribution in [0.15, 0.2) is 72.8 Å². The number of aryl methyl sites for hydroxylation is 1. The predicted octanol–water partition coefficient (Wildman–Crippen LogP) is 5.81. The van der Waals surface area contributed by atoms with Crippen LogP contribution in [0.5, 0.6) is 0 Å². The van der Waals surface area contributed by atoms with Gasteiger partial charge in [-0.1, -0.05) is 42.0 Å². The molecule has 0 fully saturated rings. The minimum atomic E-state index is -4.62. The molecule has 0 aliphatic carbocycles. The number of hydrogen-bond donors (Lipinski definition) is 3. The first kappa shape index (κ1) is 31.5. The molecule has 1 aliphatic heterocycles. The lowest BCUT2D eigenvalue weighted by Gasteiger charge is -2.30. The molecular formula is C31H33F3N4O5. The Labute approximate surface area is 247 Å². The van der Waals surface area contributed by atoms with Gasteiger partial charge in [0.25, 0.3) is 5.91 Å². The number of urea groups is 1. The maximum atomic E-state index is 14.3. The summed E-state index contributed by atoms with van der Waals surface area (Å²) in [7, 11) is 0. The van der Waals surface area contributed by atoms with Gasteiger partial charge in [-0.25, -0.2) is 4.79 Å². The van der Waals surface area contributed by atoms with E-state index in [9.17, 15) is 27.6 Å². The lowest BCUT2D eigenvalue weighted by molar-refractivity contribution is -0.138. The molecule has 4 amide bonds. The van der Waals surface area contributed by atoms with Gasteiger partial charge in [0.05, 0.1) is 24.2 Å². The predicted molar refractivity (Wildman–Crippen MR) is 156 cm³/mol. The zero-order chi connectivity index (χ0) is 31.2. The standard InChI is InChI=1S/C31H33F3N4O5/c1-4-42-27(43-5-2)19-38-25-12-7-6-11-24(25)30(28(38)40,18-26(39)35-22-15-13-20(3)14-16-22)37-29(41)36-23-10-8-9-21(17-23)31(32,33)34/h6-17,27H,4-5,18-19H2,1-3H3,(H,35,39)(H2,36,37,41). The highest BCUT2D eigenvalue weighted by atomic mass is 19.4. The van der Waals surface area contributed by atoms with Crippen molar-refractivity contribution in [1.82, 2.24) is 5.32 Å². The molecule has 12 heteroatoms. The molecule has 3 aromatic carbocycles. The van der Waals surface area contributed by atoms with E-state index in [1.54, 1.807) is 50.2 Å². The van der Waals surface area contributed by atoms with Gasteiger partial charge in [-0.15, -0.1) is 0 Å². The zero-order valence-corrected chi connectivity index (χ0v) is 24.0. The van der Waals surface area contributed by atoms with Crippen LogP contribution in [-0.4, -0.2) is 43.9 Å². The first-order valence-corrected chi connectivity index (χ1v) is 13.7. The van der Waals surface area contributed by atoms with E-state index in [0.29, 0.717) is 30.2 Å². The molecule has 3 aromatic rings. The normalized spacial score (nSPS) is 16.3. The van der Waals surface area contributed by atoms with Gasteiger partial charge in [0.2, 0.25) is 5.91 Å². The smallest absolute Gasteiger partial charge is 0.351 e. The van der Waals surface area contributed by atoms with E-state index in [0.717, 1.165) is 23.8 Å². The summed E-state index contributed by atoms with van der Waals surface area (Å²) < 4.78 is 51.1. The molecule has 1 unspecified atom stereocenters. The van der Waals surface area contributed by atoms with Crippen LogP contribution in [0.4, 0.5) is 35.0 Å². The van der Waals surface area contributed by atoms with Crippen LogP contribution in [0.2, 0.25) is 0 Å². The molecule has 0 spiro atoms. The number of anilines is 3. The Morgan fingerprint density at radius 2 is 1.58 bits per heavy atom. The number of carbonyl (C=O) groups excluding carboxylic acids is 3. The van der Waals surface area contributed by atoms with E-state index in [4.69, 9.17) is 9.47 Å². The molecule has 3 N–H and O–H groups in total. The van der Waals surface area contributed by atoms with Crippen molar-refractivity contribution < 1.29 is 37.0 Å². The second-order valence-electron chi connectivity index (χ2n) is 9.93. The molecule has 1 aliphatic rings. The molecule has 0 aromatic heterocycles. The lowest BCUT2D eigenvalue weighted by atomic mass is 9.87. The average Bonchev–Trinajstić information content (AvgIpc) is 3.16. The van der Waals surface area contributed by atoms with Crippen LogP contribution >= 0.6 is 0 Å². The van der Waals surface area contributed by atoms with Gasteiger partial charge in [-0.05, 0) is 57.2 Å². The van der Waals surface area contributed by atoms with E-state index in [-0.39, 0.29) is 12.2 Å². The third-order valence-corrected chi connectivity index (χ3v) is 6.84. The number of nitrogens with one attached hydrogen (secondary N) is 3. The highest BCUT2D eigenvalue weighted by Crippen LogP contribution is 2.43. The van der Waals surface area contributed by atoms with Crippen LogP contribution in [0.25, 0.3) is 0 Å². The van der Waals surface area contributed by atoms with Gasteiger partial charge in [0.1, 0.15) is 0 Å². The molecular weight excluding hydrogens is 565 g/mol. The summed E-state index contributed by atoms with van der Waals surface area (Å²) in [6.07, 6.45) is -5.91. The van der Waals surface area contributed by atoms with Gasteiger partial charge in [-0.3, -0.25) is 9.59 Å². The Morgan fingerprint density at radius 3 is 2.23 bits per heavy atom. The van der Waals surface area contributed by atoms with Crippen molar-refractivity contribution in [2.24, 2.45) is 0 Å². The minimum absolute atomic E-state index is 0.0320. The Hall–Kier alpha value is -4.42. The number of halogens is 3. The third kappa shape index (κ3) is 7.33. The average molecular weight is 599 g/mol. The monoisotopic (exact) mass is 598 g/mol. The van der Waals surface area contributed by atoms with Gasteiger partial charge in [0.15, 0.2) is 11.8 Å². The molecule has 4 rings (SSSR count). The van der Waals surface area contributed by atoms with Gasteiger partial charge in [-0.2, -0.15) is 13.2 Å². The van der Waals surface area contributed by atoms with Crippen LogP contribution in [-0.2, 0) is 30.8 Å². The molecule has 1 atom stereocenters. The SMILES string of the molecule is CCOC(CN1C(=O)C(CC(=O)Nc2ccc(C)cc2)(NC(=O)Nc2cccc(C(F)(F)F)c2)c2ccccc21)OCC. The van der Waals surface area contributed by atoms with Crippen molar-refractivity contribution in [3.63, 3.8) is 0 Å². The number of alkyl halides is 3. The molecule has 43 heavy (non-hydrogen) atoms. The first-order valence-electron chi connectivity index (χ1n) is 13.7. The summed E-state index contributed by atoms with van der Waals surface area (Å²) in [6.45, 7) is 6.06. The fourth-order valence-corrected chi connectivity index (χ4v) is 4.93. The number of carbonyl (C=O) groups is 3. The maximum Gasteiger partial charge on any atom is 0.416 e. The Bertz CT molecular complexity index is 1460. The molecule has 0 saturated carbocycles. The van der Waals surface area contributed by atoms with Crippen molar-refractivity contribution in [3.05, 3.63) is 89.5 Å². The molecule has 0 radical (unpaired) electrons. The number of amides is 4. The highest BCUT2D eigenvalue weighted by molar-refractivity contribution is 6.12. The molecule has 1 heterocycles. The Kier molecular flexibility index (Phi) is 9.72. The Balaban J connectivity index is 1.70. The topological polar surface area (TPSA) is 109 Å². The largest absolute Gasteiger partial charge is 0.416 e. The maximum absolute atomic E-state index is 14.3. The summed E-state index contributed by atoms with van der Waals surface area (Å²) in [4.78, 5) is 42.4. The van der Waals surface area contributed by atoms with E-state index >= 15 is 0 Å².